The minimum atomic E-state index is -1.15. The van der Waals surface area contributed by atoms with Crippen molar-refractivity contribution in [1.82, 2.24) is 0 Å². The summed E-state index contributed by atoms with van der Waals surface area (Å²) in [6.07, 6.45) is 4.55. The van der Waals surface area contributed by atoms with Crippen LogP contribution in [0, 0.1) is 34.5 Å². The first kappa shape index (κ1) is 16.9. The number of fused-ring (bicyclic) bond motifs is 5. The lowest BCUT2D eigenvalue weighted by atomic mass is 9.44. The Morgan fingerprint density at radius 2 is 1.88 bits per heavy atom. The van der Waals surface area contributed by atoms with Crippen LogP contribution in [0.4, 0.5) is 0 Å². The third-order valence-corrected chi connectivity index (χ3v) is 7.83. The molecule has 0 aliphatic heterocycles. The minimum absolute atomic E-state index is 0.0246. The van der Waals surface area contributed by atoms with E-state index >= 15 is 0 Å². The number of hydrogen-bond acceptors (Lipinski definition) is 5. The molecule has 0 N–H and O–H groups in total. The van der Waals surface area contributed by atoms with Gasteiger partial charge in [0.15, 0.2) is 5.78 Å². The van der Waals surface area contributed by atoms with Gasteiger partial charge in [0.2, 0.25) is 0 Å². The summed E-state index contributed by atoms with van der Waals surface area (Å²) in [5, 5.41) is 0. The smallest absolute Gasteiger partial charge is 0.319 e. The number of esters is 1. The second kappa shape index (κ2) is 5.49. The number of ketones is 3. The number of carbonyl (C=O) groups excluding carboxylic acids is 4. The molecule has 25 heavy (non-hydrogen) atoms. The van der Waals surface area contributed by atoms with Crippen LogP contribution in [0.2, 0.25) is 0 Å². The predicted molar refractivity (Wildman–Crippen MR) is 88.5 cm³/mol. The maximum Gasteiger partial charge on any atom is 0.319 e. The SMILES string of the molecule is COC(=O)[C@]12C(=O)CCC[C@H]1CC(=O)[C@H]1[C@H]3CC(=O)C[C@@]3(C)CC[C@@H]12. The highest BCUT2D eigenvalue weighted by Gasteiger charge is 2.68. The molecule has 5 nitrogen and oxygen atoms in total. The van der Waals surface area contributed by atoms with Crippen LogP contribution in [0.25, 0.3) is 0 Å². The third-order valence-electron chi connectivity index (χ3n) is 7.83. The number of carbonyl (C=O) groups is 4. The molecule has 0 bridgehead atoms. The first-order chi connectivity index (χ1) is 11.8. The lowest BCUT2D eigenvalue weighted by Crippen LogP contribution is -2.63. The van der Waals surface area contributed by atoms with Crippen molar-refractivity contribution in [2.24, 2.45) is 34.5 Å². The molecule has 4 saturated carbocycles. The predicted octanol–water partition coefficient (Wildman–Crippen LogP) is 2.50. The van der Waals surface area contributed by atoms with Crippen LogP contribution in [0.3, 0.4) is 0 Å². The minimum Gasteiger partial charge on any atom is -0.468 e. The molecule has 4 fully saturated rings. The number of Topliss-reactive ketones (excluding diaryl/α,β-unsaturated/α-hetero) is 3. The van der Waals surface area contributed by atoms with Crippen molar-refractivity contribution in [2.75, 3.05) is 7.11 Å². The Balaban J connectivity index is 1.83. The zero-order valence-electron chi connectivity index (χ0n) is 15.0. The molecule has 0 aromatic carbocycles. The second-order valence-corrected chi connectivity index (χ2v) is 8.89. The van der Waals surface area contributed by atoms with Crippen LogP contribution >= 0.6 is 0 Å². The Morgan fingerprint density at radius 3 is 2.60 bits per heavy atom. The summed E-state index contributed by atoms with van der Waals surface area (Å²) < 4.78 is 5.12. The summed E-state index contributed by atoms with van der Waals surface area (Å²) in [7, 11) is 1.34. The largest absolute Gasteiger partial charge is 0.468 e. The van der Waals surface area contributed by atoms with Gasteiger partial charge in [0.05, 0.1) is 7.11 Å². The van der Waals surface area contributed by atoms with E-state index in [1.54, 1.807) is 0 Å². The lowest BCUT2D eigenvalue weighted by molar-refractivity contribution is -0.185. The molecule has 0 amide bonds. The quantitative estimate of drug-likeness (QED) is 0.538. The molecule has 6 atom stereocenters. The highest BCUT2D eigenvalue weighted by atomic mass is 16.5. The summed E-state index contributed by atoms with van der Waals surface area (Å²) in [6.45, 7) is 2.10. The van der Waals surface area contributed by atoms with E-state index in [4.69, 9.17) is 4.74 Å². The summed E-state index contributed by atoms with van der Waals surface area (Å²) in [4.78, 5) is 51.2. The van der Waals surface area contributed by atoms with Gasteiger partial charge in [0.25, 0.3) is 0 Å². The fraction of sp³-hybridized carbons (Fsp3) is 0.800. The van der Waals surface area contributed by atoms with Crippen LogP contribution in [0.15, 0.2) is 0 Å². The summed E-state index contributed by atoms with van der Waals surface area (Å²) in [5.74, 6) is -0.992. The van der Waals surface area contributed by atoms with Gasteiger partial charge in [-0.05, 0) is 48.9 Å². The summed E-state index contributed by atoms with van der Waals surface area (Å²) >= 11 is 0. The van der Waals surface area contributed by atoms with Crippen LogP contribution < -0.4 is 0 Å². The van der Waals surface area contributed by atoms with E-state index < -0.39 is 11.4 Å². The van der Waals surface area contributed by atoms with Gasteiger partial charge in [-0.15, -0.1) is 0 Å². The van der Waals surface area contributed by atoms with Crippen molar-refractivity contribution in [3.8, 4) is 0 Å². The number of methoxy groups -OCH3 is 1. The van der Waals surface area contributed by atoms with E-state index in [1.165, 1.54) is 7.11 Å². The van der Waals surface area contributed by atoms with E-state index in [0.717, 1.165) is 19.3 Å². The number of rotatable bonds is 1. The van der Waals surface area contributed by atoms with Crippen molar-refractivity contribution in [1.29, 1.82) is 0 Å². The van der Waals surface area contributed by atoms with Crippen molar-refractivity contribution >= 4 is 23.3 Å². The number of ether oxygens (including phenoxy) is 1. The molecule has 5 heteroatoms. The molecular formula is C20H26O5. The Labute approximate surface area is 147 Å². The van der Waals surface area contributed by atoms with E-state index in [-0.39, 0.29) is 52.9 Å². The van der Waals surface area contributed by atoms with E-state index in [9.17, 15) is 19.2 Å². The van der Waals surface area contributed by atoms with Crippen LogP contribution in [-0.2, 0) is 23.9 Å². The average Bonchev–Trinajstić information content (AvgIpc) is 2.88. The van der Waals surface area contributed by atoms with Gasteiger partial charge in [-0.1, -0.05) is 6.92 Å². The molecule has 0 saturated heterocycles. The zero-order chi connectivity index (χ0) is 18.0. The number of hydrogen-bond donors (Lipinski definition) is 0. The third kappa shape index (κ3) is 2.07. The molecule has 4 aliphatic carbocycles. The van der Waals surface area contributed by atoms with E-state index in [2.05, 4.69) is 6.92 Å². The van der Waals surface area contributed by atoms with Crippen LogP contribution in [0.1, 0.15) is 58.3 Å². The van der Waals surface area contributed by atoms with Gasteiger partial charge in [0.1, 0.15) is 17.0 Å². The van der Waals surface area contributed by atoms with Crippen LogP contribution in [0.5, 0.6) is 0 Å². The Bertz CT molecular complexity index is 657. The molecule has 0 unspecified atom stereocenters. The van der Waals surface area contributed by atoms with Crippen molar-refractivity contribution < 1.29 is 23.9 Å². The van der Waals surface area contributed by atoms with Gasteiger partial charge in [-0.2, -0.15) is 0 Å². The molecule has 0 heterocycles. The fourth-order valence-corrected chi connectivity index (χ4v) is 6.81. The summed E-state index contributed by atoms with van der Waals surface area (Å²) in [6, 6.07) is 0. The molecular weight excluding hydrogens is 320 g/mol. The Morgan fingerprint density at radius 1 is 1.12 bits per heavy atom. The van der Waals surface area contributed by atoms with E-state index in [0.29, 0.717) is 25.7 Å². The molecule has 0 radical (unpaired) electrons. The van der Waals surface area contributed by atoms with Gasteiger partial charge < -0.3 is 4.74 Å². The Hall–Kier alpha value is -1.52. The maximum atomic E-state index is 13.1. The van der Waals surface area contributed by atoms with Gasteiger partial charge in [-0.25, -0.2) is 0 Å². The molecule has 0 spiro atoms. The molecule has 4 rings (SSSR count). The topological polar surface area (TPSA) is 77.5 Å². The van der Waals surface area contributed by atoms with Crippen molar-refractivity contribution in [2.45, 2.75) is 58.3 Å². The van der Waals surface area contributed by atoms with Crippen LogP contribution in [-0.4, -0.2) is 30.4 Å². The van der Waals surface area contributed by atoms with Gasteiger partial charge in [0, 0.05) is 31.6 Å². The van der Waals surface area contributed by atoms with Crippen molar-refractivity contribution in [3.63, 3.8) is 0 Å². The normalized spacial score (nSPS) is 46.2. The first-order valence-electron chi connectivity index (χ1n) is 9.50. The standard InChI is InChI=1S/C20H26O5/c1-19-7-6-13-17(14(19)9-12(21)10-19)15(22)8-11-4-3-5-16(23)20(11,13)18(24)25-2/h11,13-14,17H,3-10H2,1-2H3/t11-,13-,14+,17+,19+,20+/m0/s1. The zero-order valence-corrected chi connectivity index (χ0v) is 15.0. The highest BCUT2D eigenvalue weighted by molar-refractivity contribution is 6.07. The van der Waals surface area contributed by atoms with Gasteiger partial charge >= 0.3 is 5.97 Å². The Kier molecular flexibility index (Phi) is 3.71. The summed E-state index contributed by atoms with van der Waals surface area (Å²) in [5.41, 5.74) is -1.31. The maximum absolute atomic E-state index is 13.1. The lowest BCUT2D eigenvalue weighted by Gasteiger charge is -2.57. The fourth-order valence-electron chi connectivity index (χ4n) is 6.81. The molecule has 4 aliphatic rings. The molecule has 136 valence electrons. The van der Waals surface area contributed by atoms with Gasteiger partial charge in [-0.3, -0.25) is 19.2 Å². The molecule has 0 aromatic heterocycles. The molecule has 0 aromatic rings. The first-order valence-corrected chi connectivity index (χ1v) is 9.50. The highest BCUT2D eigenvalue weighted by Crippen LogP contribution is 2.64. The average molecular weight is 346 g/mol. The second-order valence-electron chi connectivity index (χ2n) is 8.89. The van der Waals surface area contributed by atoms with E-state index in [1.807, 2.05) is 0 Å². The van der Waals surface area contributed by atoms with Crippen molar-refractivity contribution in [3.05, 3.63) is 0 Å². The monoisotopic (exact) mass is 346 g/mol.